The fourth-order valence-electron chi connectivity index (χ4n) is 3.55. The molecule has 4 rings (SSSR count). The maximum Gasteiger partial charge on any atom is 0.253 e. The Morgan fingerprint density at radius 1 is 0.897 bits per heavy atom. The first kappa shape index (κ1) is 18.6. The van der Waals surface area contributed by atoms with Crippen molar-refractivity contribution in [2.24, 2.45) is 0 Å². The van der Waals surface area contributed by atoms with E-state index in [1.165, 1.54) is 0 Å². The summed E-state index contributed by atoms with van der Waals surface area (Å²) < 4.78 is 0. The van der Waals surface area contributed by atoms with E-state index in [4.69, 9.17) is 4.98 Å². The maximum atomic E-state index is 13.3. The summed E-state index contributed by atoms with van der Waals surface area (Å²) in [7, 11) is 0. The molecule has 0 aliphatic carbocycles. The molecule has 142 valence electrons. The lowest BCUT2D eigenvalue weighted by Gasteiger charge is -2.17. The van der Waals surface area contributed by atoms with E-state index in [2.05, 4.69) is 5.32 Å². The number of nitrogens with one attached hydrogen (secondary N) is 1. The molecule has 1 heterocycles. The number of nitrogens with zero attached hydrogens (tertiary/aromatic N) is 1. The molecule has 0 fully saturated rings. The molecular weight excluding hydrogens is 360 g/mol. The van der Waals surface area contributed by atoms with Crippen molar-refractivity contribution in [3.8, 4) is 11.3 Å². The number of hydrogen-bond acceptors (Lipinski definition) is 3. The maximum absolute atomic E-state index is 13.3. The van der Waals surface area contributed by atoms with E-state index in [9.17, 15) is 9.59 Å². The summed E-state index contributed by atoms with van der Waals surface area (Å²) in [5.74, 6) is -0.292. The zero-order valence-electron chi connectivity index (χ0n) is 16.0. The van der Waals surface area contributed by atoms with Crippen molar-refractivity contribution in [3.63, 3.8) is 0 Å². The van der Waals surface area contributed by atoms with Gasteiger partial charge < -0.3 is 10.1 Å². The van der Waals surface area contributed by atoms with Crippen LogP contribution >= 0.6 is 0 Å². The fourth-order valence-corrected chi connectivity index (χ4v) is 3.55. The standard InChI is InChI=1S/C25H20N2O2/c1-17-23(25(29)27-22(16-28)18-10-4-2-5-11-18)20-14-8-9-15-21(20)26-24(17)19-12-6-3-7-13-19/h2-16,22H,1H3,(H,27,29). The fraction of sp³-hybridized carbons (Fsp3) is 0.0800. The largest absolute Gasteiger partial charge is 0.338 e. The zero-order valence-corrected chi connectivity index (χ0v) is 16.0. The van der Waals surface area contributed by atoms with Gasteiger partial charge in [-0.2, -0.15) is 0 Å². The summed E-state index contributed by atoms with van der Waals surface area (Å²) in [6.45, 7) is 1.90. The molecular formula is C25H20N2O2. The van der Waals surface area contributed by atoms with Gasteiger partial charge in [0.25, 0.3) is 5.91 Å². The zero-order chi connectivity index (χ0) is 20.2. The molecule has 1 atom stereocenters. The van der Waals surface area contributed by atoms with E-state index in [1.807, 2.05) is 91.9 Å². The molecule has 4 nitrogen and oxygen atoms in total. The minimum Gasteiger partial charge on any atom is -0.338 e. The van der Waals surface area contributed by atoms with Gasteiger partial charge in [-0.1, -0.05) is 78.9 Å². The highest BCUT2D eigenvalue weighted by Crippen LogP contribution is 2.30. The number of hydrogen-bond donors (Lipinski definition) is 1. The molecule has 3 aromatic carbocycles. The smallest absolute Gasteiger partial charge is 0.253 e. The van der Waals surface area contributed by atoms with E-state index in [1.54, 1.807) is 0 Å². The molecule has 1 amide bonds. The first-order valence-corrected chi connectivity index (χ1v) is 9.45. The van der Waals surface area contributed by atoms with E-state index >= 15 is 0 Å². The van der Waals surface area contributed by atoms with Crippen LogP contribution in [0.2, 0.25) is 0 Å². The Balaban J connectivity index is 1.83. The molecule has 1 aromatic heterocycles. The molecule has 0 saturated carbocycles. The Morgan fingerprint density at radius 3 is 2.21 bits per heavy atom. The normalized spacial score (nSPS) is 11.8. The van der Waals surface area contributed by atoms with Gasteiger partial charge in [0.1, 0.15) is 12.3 Å². The summed E-state index contributed by atoms with van der Waals surface area (Å²) >= 11 is 0. The number of aldehydes is 1. The molecule has 0 bridgehead atoms. The Kier molecular flexibility index (Phi) is 5.16. The summed E-state index contributed by atoms with van der Waals surface area (Å²) in [6.07, 6.45) is 0.754. The van der Waals surface area contributed by atoms with Gasteiger partial charge in [-0.15, -0.1) is 0 Å². The average Bonchev–Trinajstić information content (AvgIpc) is 2.78. The second kappa shape index (κ2) is 8.07. The number of carbonyl (C=O) groups is 2. The van der Waals surface area contributed by atoms with Crippen LogP contribution in [0.15, 0.2) is 84.9 Å². The number of aromatic nitrogens is 1. The van der Waals surface area contributed by atoms with Crippen molar-refractivity contribution in [1.82, 2.24) is 10.3 Å². The molecule has 0 aliphatic heterocycles. The third kappa shape index (κ3) is 3.65. The van der Waals surface area contributed by atoms with Crippen LogP contribution in [0.5, 0.6) is 0 Å². The predicted molar refractivity (Wildman–Crippen MR) is 115 cm³/mol. The Labute approximate surface area is 169 Å². The van der Waals surface area contributed by atoms with Gasteiger partial charge in [-0.3, -0.25) is 4.79 Å². The van der Waals surface area contributed by atoms with Gasteiger partial charge in [0, 0.05) is 10.9 Å². The highest BCUT2D eigenvalue weighted by Gasteiger charge is 2.21. The lowest BCUT2D eigenvalue weighted by Crippen LogP contribution is -2.30. The number of rotatable bonds is 5. The molecule has 1 N–H and O–H groups in total. The minimum atomic E-state index is -0.713. The Bertz CT molecular complexity index is 1170. The van der Waals surface area contributed by atoms with Crippen LogP contribution in [0.1, 0.15) is 27.5 Å². The van der Waals surface area contributed by atoms with E-state index in [-0.39, 0.29) is 5.91 Å². The number of fused-ring (bicyclic) bond motifs is 1. The number of amides is 1. The van der Waals surface area contributed by atoms with Crippen LogP contribution in [0.25, 0.3) is 22.2 Å². The van der Waals surface area contributed by atoms with Crippen LogP contribution in [0.3, 0.4) is 0 Å². The minimum absolute atomic E-state index is 0.292. The molecule has 29 heavy (non-hydrogen) atoms. The number of pyridine rings is 1. The quantitative estimate of drug-likeness (QED) is 0.502. The number of carbonyl (C=O) groups excluding carboxylic acids is 2. The summed E-state index contributed by atoms with van der Waals surface area (Å²) in [5, 5.41) is 3.64. The average molecular weight is 380 g/mol. The second-order valence-corrected chi connectivity index (χ2v) is 6.84. The lowest BCUT2D eigenvalue weighted by molar-refractivity contribution is -0.109. The first-order chi connectivity index (χ1) is 14.2. The van der Waals surface area contributed by atoms with Crippen LogP contribution in [-0.4, -0.2) is 17.2 Å². The van der Waals surface area contributed by atoms with Crippen LogP contribution in [0.4, 0.5) is 0 Å². The number of para-hydroxylation sites is 1. The third-order valence-corrected chi connectivity index (χ3v) is 4.99. The van der Waals surface area contributed by atoms with Gasteiger partial charge in [-0.05, 0) is 24.1 Å². The molecule has 1 unspecified atom stereocenters. The highest BCUT2D eigenvalue weighted by molar-refractivity contribution is 6.09. The Morgan fingerprint density at radius 2 is 1.52 bits per heavy atom. The highest BCUT2D eigenvalue weighted by atomic mass is 16.2. The molecule has 0 spiro atoms. The van der Waals surface area contributed by atoms with Crippen molar-refractivity contribution in [2.75, 3.05) is 0 Å². The SMILES string of the molecule is Cc1c(-c2ccccc2)nc2ccccc2c1C(=O)NC(C=O)c1ccccc1. The van der Waals surface area contributed by atoms with Crippen LogP contribution in [0, 0.1) is 6.92 Å². The second-order valence-electron chi connectivity index (χ2n) is 6.84. The van der Waals surface area contributed by atoms with E-state index in [0.717, 1.165) is 39.6 Å². The van der Waals surface area contributed by atoms with Crippen molar-refractivity contribution >= 4 is 23.1 Å². The lowest BCUT2D eigenvalue weighted by atomic mass is 9.96. The molecule has 4 aromatic rings. The first-order valence-electron chi connectivity index (χ1n) is 9.45. The van der Waals surface area contributed by atoms with Crippen LogP contribution < -0.4 is 5.32 Å². The predicted octanol–water partition coefficient (Wildman–Crippen LogP) is 4.88. The van der Waals surface area contributed by atoms with E-state index in [0.29, 0.717) is 5.56 Å². The molecule has 4 heteroatoms. The van der Waals surface area contributed by atoms with Gasteiger partial charge in [0.2, 0.25) is 0 Å². The summed E-state index contributed by atoms with van der Waals surface area (Å²) in [5.41, 5.74) is 4.51. The monoisotopic (exact) mass is 380 g/mol. The summed E-state index contributed by atoms with van der Waals surface area (Å²) in [6, 6.07) is 25.9. The van der Waals surface area contributed by atoms with Crippen molar-refractivity contribution in [3.05, 3.63) is 102 Å². The van der Waals surface area contributed by atoms with Crippen molar-refractivity contribution in [2.45, 2.75) is 13.0 Å². The van der Waals surface area contributed by atoms with Crippen molar-refractivity contribution < 1.29 is 9.59 Å². The third-order valence-electron chi connectivity index (χ3n) is 4.99. The van der Waals surface area contributed by atoms with Gasteiger partial charge in [0.05, 0.1) is 16.8 Å². The van der Waals surface area contributed by atoms with Crippen molar-refractivity contribution in [1.29, 1.82) is 0 Å². The molecule has 0 saturated heterocycles. The number of benzene rings is 3. The van der Waals surface area contributed by atoms with Gasteiger partial charge in [0.15, 0.2) is 0 Å². The Hall–Kier alpha value is -3.79. The van der Waals surface area contributed by atoms with Gasteiger partial charge in [-0.25, -0.2) is 4.98 Å². The van der Waals surface area contributed by atoms with E-state index < -0.39 is 6.04 Å². The summed E-state index contributed by atoms with van der Waals surface area (Å²) in [4.78, 5) is 29.8. The topological polar surface area (TPSA) is 59.1 Å². The van der Waals surface area contributed by atoms with Crippen LogP contribution in [-0.2, 0) is 4.79 Å². The molecule has 0 aliphatic rings. The molecule has 0 radical (unpaired) electrons. The van der Waals surface area contributed by atoms with Gasteiger partial charge >= 0.3 is 0 Å².